The number of hydrogen-bond acceptors (Lipinski definition) is 2. The molecule has 1 aromatic rings. The summed E-state index contributed by atoms with van der Waals surface area (Å²) < 4.78 is 0. The number of aryl methyl sites for hydroxylation is 1. The fourth-order valence-corrected chi connectivity index (χ4v) is 2.68. The van der Waals surface area contributed by atoms with Crippen LogP contribution in [0.5, 0.6) is 0 Å². The average molecular weight is 219 g/mol. The Morgan fingerprint density at radius 2 is 2.19 bits per heavy atom. The van der Waals surface area contributed by atoms with E-state index in [0.29, 0.717) is 12.6 Å². The number of aliphatic hydroxyl groups is 1. The van der Waals surface area contributed by atoms with Crippen LogP contribution >= 0.6 is 0 Å². The van der Waals surface area contributed by atoms with E-state index in [9.17, 15) is 0 Å². The molecule has 1 N–H and O–H groups in total. The lowest BCUT2D eigenvalue weighted by Crippen LogP contribution is -2.25. The Balaban J connectivity index is 2.10. The summed E-state index contributed by atoms with van der Waals surface area (Å²) >= 11 is 0. The van der Waals surface area contributed by atoms with Crippen molar-refractivity contribution in [2.75, 3.05) is 19.7 Å². The fraction of sp³-hybridized carbons (Fsp3) is 0.571. The lowest BCUT2D eigenvalue weighted by atomic mass is 9.99. The molecule has 0 saturated carbocycles. The normalized spacial score (nSPS) is 21.5. The lowest BCUT2D eigenvalue weighted by Gasteiger charge is -2.25. The highest BCUT2D eigenvalue weighted by molar-refractivity contribution is 5.29. The highest BCUT2D eigenvalue weighted by Crippen LogP contribution is 2.33. The number of benzene rings is 1. The van der Waals surface area contributed by atoms with E-state index >= 15 is 0 Å². The second-order valence-electron chi connectivity index (χ2n) is 4.63. The summed E-state index contributed by atoms with van der Waals surface area (Å²) in [5.74, 6) is 0. The first-order chi connectivity index (χ1) is 7.83. The van der Waals surface area contributed by atoms with Crippen molar-refractivity contribution in [2.45, 2.75) is 32.2 Å². The molecule has 0 aromatic heterocycles. The van der Waals surface area contributed by atoms with Gasteiger partial charge in [-0.15, -0.1) is 0 Å². The second kappa shape index (κ2) is 5.46. The van der Waals surface area contributed by atoms with E-state index in [4.69, 9.17) is 5.11 Å². The molecule has 1 aromatic carbocycles. The average Bonchev–Trinajstić information content (AvgIpc) is 2.75. The van der Waals surface area contributed by atoms with Gasteiger partial charge >= 0.3 is 0 Å². The Morgan fingerprint density at radius 1 is 1.38 bits per heavy atom. The summed E-state index contributed by atoms with van der Waals surface area (Å²) in [6, 6.07) is 9.25. The summed E-state index contributed by atoms with van der Waals surface area (Å²) in [7, 11) is 0. The standard InChI is InChI=1S/C14H21NO/c1-12-6-2-3-7-13(12)14-8-4-9-15(14)10-5-11-16/h2-3,6-7,14,16H,4-5,8-11H2,1H3. The first-order valence-electron chi connectivity index (χ1n) is 6.23. The molecular formula is C14H21NO. The van der Waals surface area contributed by atoms with Crippen LogP contribution in [0.1, 0.15) is 36.4 Å². The lowest BCUT2D eigenvalue weighted by molar-refractivity contribution is 0.213. The number of hydrogen-bond donors (Lipinski definition) is 1. The van der Waals surface area contributed by atoms with Gasteiger partial charge in [0.1, 0.15) is 0 Å². The molecule has 16 heavy (non-hydrogen) atoms. The van der Waals surface area contributed by atoms with Gasteiger partial charge in [0.15, 0.2) is 0 Å². The number of rotatable bonds is 4. The monoisotopic (exact) mass is 219 g/mol. The van der Waals surface area contributed by atoms with Gasteiger partial charge in [-0.25, -0.2) is 0 Å². The predicted octanol–water partition coefficient (Wildman–Crippen LogP) is 2.51. The van der Waals surface area contributed by atoms with E-state index in [1.165, 1.54) is 30.5 Å². The Kier molecular flexibility index (Phi) is 3.97. The maximum atomic E-state index is 8.91. The van der Waals surface area contributed by atoms with Crippen LogP contribution in [0.4, 0.5) is 0 Å². The van der Waals surface area contributed by atoms with Crippen molar-refractivity contribution in [3.8, 4) is 0 Å². The maximum Gasteiger partial charge on any atom is 0.0443 e. The van der Waals surface area contributed by atoms with Gasteiger partial charge < -0.3 is 5.11 Å². The van der Waals surface area contributed by atoms with Crippen molar-refractivity contribution < 1.29 is 5.11 Å². The van der Waals surface area contributed by atoms with Gasteiger partial charge in [-0.1, -0.05) is 24.3 Å². The fourth-order valence-electron chi connectivity index (χ4n) is 2.68. The van der Waals surface area contributed by atoms with E-state index in [1.807, 2.05) is 0 Å². The number of nitrogens with zero attached hydrogens (tertiary/aromatic N) is 1. The molecule has 2 heteroatoms. The summed E-state index contributed by atoms with van der Waals surface area (Å²) in [6.07, 6.45) is 3.43. The van der Waals surface area contributed by atoms with Crippen molar-refractivity contribution >= 4 is 0 Å². The Morgan fingerprint density at radius 3 is 2.94 bits per heavy atom. The van der Waals surface area contributed by atoms with Crippen LogP contribution < -0.4 is 0 Å². The van der Waals surface area contributed by atoms with E-state index in [1.54, 1.807) is 0 Å². The van der Waals surface area contributed by atoms with Crippen LogP contribution in [-0.4, -0.2) is 29.7 Å². The quantitative estimate of drug-likeness (QED) is 0.841. The van der Waals surface area contributed by atoms with Crippen molar-refractivity contribution in [3.63, 3.8) is 0 Å². The largest absolute Gasteiger partial charge is 0.396 e. The summed E-state index contributed by atoms with van der Waals surface area (Å²) in [5, 5.41) is 8.91. The molecule has 1 aliphatic heterocycles. The molecule has 1 unspecified atom stereocenters. The Labute approximate surface area is 97.9 Å². The topological polar surface area (TPSA) is 23.5 Å². The zero-order chi connectivity index (χ0) is 11.4. The van der Waals surface area contributed by atoms with Crippen molar-refractivity contribution in [1.29, 1.82) is 0 Å². The maximum absolute atomic E-state index is 8.91. The summed E-state index contributed by atoms with van der Waals surface area (Å²) in [5.41, 5.74) is 2.86. The number of aliphatic hydroxyl groups excluding tert-OH is 1. The van der Waals surface area contributed by atoms with E-state index in [-0.39, 0.29) is 0 Å². The first kappa shape index (κ1) is 11.6. The molecule has 1 saturated heterocycles. The van der Waals surface area contributed by atoms with E-state index < -0.39 is 0 Å². The van der Waals surface area contributed by atoms with E-state index in [2.05, 4.69) is 36.1 Å². The first-order valence-corrected chi connectivity index (χ1v) is 6.23. The molecule has 0 radical (unpaired) electrons. The summed E-state index contributed by atoms with van der Waals surface area (Å²) in [4.78, 5) is 2.51. The van der Waals surface area contributed by atoms with Gasteiger partial charge in [0.25, 0.3) is 0 Å². The van der Waals surface area contributed by atoms with Gasteiger partial charge in [0, 0.05) is 19.2 Å². The Bertz CT molecular complexity index is 337. The van der Waals surface area contributed by atoms with Gasteiger partial charge in [-0.05, 0) is 43.9 Å². The molecule has 1 heterocycles. The molecule has 88 valence electrons. The molecule has 0 amide bonds. The van der Waals surface area contributed by atoms with Gasteiger partial charge in [0.05, 0.1) is 0 Å². The zero-order valence-electron chi connectivity index (χ0n) is 10.0. The van der Waals surface area contributed by atoms with Crippen LogP contribution in [0.15, 0.2) is 24.3 Å². The van der Waals surface area contributed by atoms with Crippen LogP contribution in [0.3, 0.4) is 0 Å². The van der Waals surface area contributed by atoms with Gasteiger partial charge in [-0.2, -0.15) is 0 Å². The smallest absolute Gasteiger partial charge is 0.0443 e. The second-order valence-corrected chi connectivity index (χ2v) is 4.63. The molecule has 1 atom stereocenters. The minimum Gasteiger partial charge on any atom is -0.396 e. The number of likely N-dealkylation sites (tertiary alicyclic amines) is 1. The molecule has 2 nitrogen and oxygen atoms in total. The SMILES string of the molecule is Cc1ccccc1C1CCCN1CCCO. The highest BCUT2D eigenvalue weighted by Gasteiger charge is 2.25. The van der Waals surface area contributed by atoms with Gasteiger partial charge in [-0.3, -0.25) is 4.90 Å². The van der Waals surface area contributed by atoms with Crippen LogP contribution in [0.25, 0.3) is 0 Å². The third-order valence-corrected chi connectivity index (χ3v) is 3.51. The minimum absolute atomic E-state index is 0.303. The molecule has 0 bridgehead atoms. The van der Waals surface area contributed by atoms with Crippen molar-refractivity contribution in [1.82, 2.24) is 4.90 Å². The summed E-state index contributed by atoms with van der Waals surface area (Å²) in [6.45, 7) is 4.70. The van der Waals surface area contributed by atoms with Crippen molar-refractivity contribution in [2.24, 2.45) is 0 Å². The third-order valence-electron chi connectivity index (χ3n) is 3.51. The zero-order valence-corrected chi connectivity index (χ0v) is 10.0. The predicted molar refractivity (Wildman–Crippen MR) is 66.4 cm³/mol. The van der Waals surface area contributed by atoms with Crippen LogP contribution in [-0.2, 0) is 0 Å². The van der Waals surface area contributed by atoms with Crippen LogP contribution in [0, 0.1) is 6.92 Å². The molecular weight excluding hydrogens is 198 g/mol. The Hall–Kier alpha value is -0.860. The molecule has 2 rings (SSSR count). The van der Waals surface area contributed by atoms with Crippen LogP contribution in [0.2, 0.25) is 0 Å². The molecule has 0 aliphatic carbocycles. The van der Waals surface area contributed by atoms with Gasteiger partial charge in [0.2, 0.25) is 0 Å². The van der Waals surface area contributed by atoms with E-state index in [0.717, 1.165) is 13.0 Å². The minimum atomic E-state index is 0.303. The third kappa shape index (κ3) is 2.45. The molecule has 1 fully saturated rings. The molecule has 0 spiro atoms. The molecule has 1 aliphatic rings. The van der Waals surface area contributed by atoms with Crippen molar-refractivity contribution in [3.05, 3.63) is 35.4 Å². The highest BCUT2D eigenvalue weighted by atomic mass is 16.3.